The van der Waals surface area contributed by atoms with Crippen molar-refractivity contribution in [2.75, 3.05) is 18.9 Å². The summed E-state index contributed by atoms with van der Waals surface area (Å²) in [5.74, 6) is 0. The topological polar surface area (TPSA) is 83.6 Å². The molecule has 0 aliphatic rings. The average Bonchev–Trinajstić information content (AvgIpc) is 2.41. The molecule has 1 aromatic carbocycles. The molecular weight excluding hydrogens is 300 g/mol. The lowest BCUT2D eigenvalue weighted by Gasteiger charge is -2.29. The number of halogens is 1. The van der Waals surface area contributed by atoms with Crippen molar-refractivity contribution in [1.29, 1.82) is 0 Å². The van der Waals surface area contributed by atoms with E-state index in [2.05, 4.69) is 0 Å². The standard InChI is InChI=1S/C13H21ClN2O3S/c1-3-11(4-2)16(7-8-17)20(18,19)13-9-10(15)5-6-12(13)14/h5-6,9,11,17H,3-4,7-8,15H2,1-2H3. The quantitative estimate of drug-likeness (QED) is 0.753. The maximum Gasteiger partial charge on any atom is 0.244 e. The highest BCUT2D eigenvalue weighted by Crippen LogP contribution is 2.28. The fraction of sp³-hybridized carbons (Fsp3) is 0.538. The first-order chi connectivity index (χ1) is 9.38. The van der Waals surface area contributed by atoms with Crippen molar-refractivity contribution in [2.24, 2.45) is 0 Å². The van der Waals surface area contributed by atoms with Gasteiger partial charge in [0.2, 0.25) is 10.0 Å². The molecule has 0 saturated carbocycles. The highest BCUT2D eigenvalue weighted by atomic mass is 35.5. The fourth-order valence-electron chi connectivity index (χ4n) is 2.14. The number of nitrogen functional groups attached to an aromatic ring is 1. The van der Waals surface area contributed by atoms with Crippen LogP contribution in [-0.4, -0.2) is 37.0 Å². The number of aliphatic hydroxyl groups is 1. The van der Waals surface area contributed by atoms with Crippen LogP contribution in [0.15, 0.2) is 23.1 Å². The second-order valence-electron chi connectivity index (χ2n) is 4.50. The summed E-state index contributed by atoms with van der Waals surface area (Å²) in [6.45, 7) is 3.62. The lowest BCUT2D eigenvalue weighted by Crippen LogP contribution is -2.41. The van der Waals surface area contributed by atoms with Gasteiger partial charge >= 0.3 is 0 Å². The predicted octanol–water partition coefficient (Wildman–Crippen LogP) is 2.09. The Morgan fingerprint density at radius 1 is 1.35 bits per heavy atom. The van der Waals surface area contributed by atoms with E-state index < -0.39 is 10.0 Å². The summed E-state index contributed by atoms with van der Waals surface area (Å²) in [6, 6.07) is 4.19. The van der Waals surface area contributed by atoms with Crippen LogP contribution in [0.25, 0.3) is 0 Å². The molecule has 0 atom stereocenters. The van der Waals surface area contributed by atoms with Gasteiger partial charge in [-0.2, -0.15) is 4.31 Å². The highest BCUT2D eigenvalue weighted by Gasteiger charge is 2.31. The molecule has 1 aromatic rings. The Labute approximate surface area is 125 Å². The van der Waals surface area contributed by atoms with E-state index >= 15 is 0 Å². The maximum atomic E-state index is 12.7. The van der Waals surface area contributed by atoms with Gasteiger partial charge in [-0.15, -0.1) is 0 Å². The summed E-state index contributed by atoms with van der Waals surface area (Å²) < 4.78 is 26.8. The summed E-state index contributed by atoms with van der Waals surface area (Å²) in [5.41, 5.74) is 5.98. The maximum absolute atomic E-state index is 12.7. The zero-order valence-corrected chi connectivity index (χ0v) is 13.3. The molecule has 3 N–H and O–H groups in total. The molecule has 0 aliphatic carbocycles. The van der Waals surface area contributed by atoms with Gasteiger partial charge in [0, 0.05) is 18.3 Å². The van der Waals surface area contributed by atoms with Crippen molar-refractivity contribution >= 4 is 27.3 Å². The molecule has 0 amide bonds. The zero-order chi connectivity index (χ0) is 15.3. The number of nitrogens with two attached hydrogens (primary N) is 1. The SMILES string of the molecule is CCC(CC)N(CCO)S(=O)(=O)c1cc(N)ccc1Cl. The summed E-state index contributed by atoms with van der Waals surface area (Å²) in [7, 11) is -3.78. The first kappa shape index (κ1) is 17.2. The summed E-state index contributed by atoms with van der Waals surface area (Å²) in [5, 5.41) is 9.28. The Morgan fingerprint density at radius 2 is 1.95 bits per heavy atom. The first-order valence-electron chi connectivity index (χ1n) is 6.56. The van der Waals surface area contributed by atoms with Crippen molar-refractivity contribution in [1.82, 2.24) is 4.31 Å². The van der Waals surface area contributed by atoms with Gasteiger partial charge in [0.1, 0.15) is 4.90 Å². The molecule has 0 saturated heterocycles. The van der Waals surface area contributed by atoms with Crippen molar-refractivity contribution in [3.05, 3.63) is 23.2 Å². The van der Waals surface area contributed by atoms with Crippen LogP contribution >= 0.6 is 11.6 Å². The Balaban J connectivity index is 3.32. The van der Waals surface area contributed by atoms with E-state index in [0.717, 1.165) is 0 Å². The Hall–Kier alpha value is -0.820. The molecule has 5 nitrogen and oxygen atoms in total. The average molecular weight is 321 g/mol. The van der Waals surface area contributed by atoms with E-state index in [1.807, 2.05) is 13.8 Å². The largest absolute Gasteiger partial charge is 0.399 e. The molecule has 0 fully saturated rings. The van der Waals surface area contributed by atoms with Gasteiger partial charge in [0.25, 0.3) is 0 Å². The van der Waals surface area contributed by atoms with Crippen molar-refractivity contribution in [2.45, 2.75) is 37.6 Å². The molecule has 1 rings (SSSR count). The molecule has 0 heterocycles. The van der Waals surface area contributed by atoms with E-state index in [9.17, 15) is 8.42 Å². The lowest BCUT2D eigenvalue weighted by atomic mass is 10.2. The van der Waals surface area contributed by atoms with E-state index in [0.29, 0.717) is 18.5 Å². The minimum Gasteiger partial charge on any atom is -0.399 e. The molecule has 0 unspecified atom stereocenters. The molecule has 0 spiro atoms. The third-order valence-electron chi connectivity index (χ3n) is 3.21. The molecule has 0 aliphatic heterocycles. The van der Waals surface area contributed by atoms with Crippen LogP contribution in [0.4, 0.5) is 5.69 Å². The van der Waals surface area contributed by atoms with Gasteiger partial charge in [0.05, 0.1) is 11.6 Å². The second-order valence-corrected chi connectivity index (χ2v) is 6.77. The summed E-state index contributed by atoms with van der Waals surface area (Å²) in [6.07, 6.45) is 1.32. The third kappa shape index (κ3) is 3.63. The zero-order valence-electron chi connectivity index (χ0n) is 11.7. The molecule has 20 heavy (non-hydrogen) atoms. The number of hydrogen-bond donors (Lipinski definition) is 2. The van der Waals surface area contributed by atoms with E-state index in [1.165, 1.54) is 16.4 Å². The van der Waals surface area contributed by atoms with Crippen LogP contribution in [0.5, 0.6) is 0 Å². The fourth-order valence-corrected chi connectivity index (χ4v) is 4.41. The molecule has 0 aromatic heterocycles. The number of aliphatic hydroxyl groups excluding tert-OH is 1. The van der Waals surface area contributed by atoms with Gasteiger partial charge in [0.15, 0.2) is 0 Å². The monoisotopic (exact) mass is 320 g/mol. The van der Waals surface area contributed by atoms with Crippen molar-refractivity contribution in [3.8, 4) is 0 Å². The van der Waals surface area contributed by atoms with E-state index in [-0.39, 0.29) is 29.1 Å². The molecule has 0 radical (unpaired) electrons. The van der Waals surface area contributed by atoms with Gasteiger partial charge < -0.3 is 10.8 Å². The highest BCUT2D eigenvalue weighted by molar-refractivity contribution is 7.89. The van der Waals surface area contributed by atoms with Crippen LogP contribution in [-0.2, 0) is 10.0 Å². The Bertz CT molecular complexity index is 545. The summed E-state index contributed by atoms with van der Waals surface area (Å²) in [4.78, 5) is -0.0143. The second kappa shape index (κ2) is 7.26. The number of nitrogens with zero attached hydrogens (tertiary/aromatic N) is 1. The van der Waals surface area contributed by atoms with Crippen LogP contribution in [0.2, 0.25) is 5.02 Å². The number of hydrogen-bond acceptors (Lipinski definition) is 4. The molecule has 114 valence electrons. The Kier molecular flexibility index (Phi) is 6.26. The molecule has 0 bridgehead atoms. The number of rotatable bonds is 7. The lowest BCUT2D eigenvalue weighted by molar-refractivity contribution is 0.219. The predicted molar refractivity (Wildman–Crippen MR) is 81.2 cm³/mol. The normalized spacial score (nSPS) is 12.3. The molecular formula is C13H21ClN2O3S. The van der Waals surface area contributed by atoms with Gasteiger partial charge in [-0.05, 0) is 31.0 Å². The number of anilines is 1. The van der Waals surface area contributed by atoms with Crippen molar-refractivity contribution < 1.29 is 13.5 Å². The number of benzene rings is 1. The smallest absolute Gasteiger partial charge is 0.244 e. The van der Waals surface area contributed by atoms with Crippen LogP contribution in [0.1, 0.15) is 26.7 Å². The van der Waals surface area contributed by atoms with E-state index in [1.54, 1.807) is 6.07 Å². The number of sulfonamides is 1. The minimum atomic E-state index is -3.78. The molecule has 7 heteroatoms. The Morgan fingerprint density at radius 3 is 2.45 bits per heavy atom. The van der Waals surface area contributed by atoms with Crippen LogP contribution < -0.4 is 5.73 Å². The van der Waals surface area contributed by atoms with Crippen molar-refractivity contribution in [3.63, 3.8) is 0 Å². The summed E-state index contributed by atoms with van der Waals surface area (Å²) >= 11 is 5.99. The van der Waals surface area contributed by atoms with Gasteiger partial charge in [-0.1, -0.05) is 25.4 Å². The van der Waals surface area contributed by atoms with Crippen LogP contribution in [0, 0.1) is 0 Å². The third-order valence-corrected chi connectivity index (χ3v) is 5.65. The van der Waals surface area contributed by atoms with Gasteiger partial charge in [-0.3, -0.25) is 0 Å². The minimum absolute atomic E-state index is 0.0143. The van der Waals surface area contributed by atoms with Gasteiger partial charge in [-0.25, -0.2) is 8.42 Å². The first-order valence-corrected chi connectivity index (χ1v) is 8.38. The van der Waals surface area contributed by atoms with E-state index in [4.69, 9.17) is 22.4 Å². The van der Waals surface area contributed by atoms with Crippen LogP contribution in [0.3, 0.4) is 0 Å².